The smallest absolute Gasteiger partial charge is 0.219 e. The summed E-state index contributed by atoms with van der Waals surface area (Å²) in [5, 5.41) is 109. The number of hydrogen-bond donors (Lipinski definition) is 11. The van der Waals surface area contributed by atoms with E-state index in [0.29, 0.717) is 0 Å². The van der Waals surface area contributed by atoms with Crippen molar-refractivity contribution in [3.05, 3.63) is 0 Å². The molecule has 14 atom stereocenters. The van der Waals surface area contributed by atoms with Crippen molar-refractivity contribution in [3.63, 3.8) is 0 Å². The maximum absolute atomic E-state index is 10.6. The van der Waals surface area contributed by atoms with Crippen molar-refractivity contribution in [2.45, 2.75) is 85.5 Å². The van der Waals surface area contributed by atoms with Crippen LogP contribution in [0.2, 0.25) is 0 Å². The molecule has 0 spiro atoms. The zero-order chi connectivity index (χ0) is 25.4. The second-order valence-corrected chi connectivity index (χ2v) is 8.39. The molecule has 0 saturated carbocycles. The lowest BCUT2D eigenvalue weighted by atomic mass is 9.96. The first-order valence-electron chi connectivity index (χ1n) is 10.6. The van der Waals surface area contributed by atoms with E-state index in [-0.39, 0.29) is 0 Å². The van der Waals surface area contributed by atoms with Gasteiger partial charge in [-0.2, -0.15) is 0 Å². The highest BCUT2D eigenvalue weighted by Gasteiger charge is 2.58. The Morgan fingerprint density at radius 2 is 1.12 bits per heavy atom. The van der Waals surface area contributed by atoms with Gasteiger partial charge in [0.15, 0.2) is 12.6 Å². The predicted molar refractivity (Wildman–Crippen MR) is 101 cm³/mol. The SMILES string of the molecule is OC[C@H]1O[C@](O)(CO)[C@@H](O[C@@H]2O[C@H](CO)[C@@H](O[C@@H]3O[C@H](CO)[C@@H](O)[C@H](O)[C@H]3O)[C@H](O)[C@H]2O)[C@@H]1O. The lowest BCUT2D eigenvalue weighted by Gasteiger charge is -2.46. The Balaban J connectivity index is 1.73. The minimum absolute atomic E-state index is 0.742. The Labute approximate surface area is 192 Å². The van der Waals surface area contributed by atoms with E-state index in [1.165, 1.54) is 0 Å². The first-order chi connectivity index (χ1) is 16.0. The van der Waals surface area contributed by atoms with Crippen LogP contribution < -0.4 is 0 Å². The van der Waals surface area contributed by atoms with Gasteiger partial charge in [0, 0.05) is 0 Å². The largest absolute Gasteiger partial charge is 0.394 e. The molecule has 34 heavy (non-hydrogen) atoms. The Bertz CT molecular complexity index is 651. The molecular weight excluding hydrogens is 472 g/mol. The molecule has 0 aromatic rings. The summed E-state index contributed by atoms with van der Waals surface area (Å²) in [5.41, 5.74) is 0. The highest BCUT2D eigenvalue weighted by atomic mass is 16.8. The maximum Gasteiger partial charge on any atom is 0.219 e. The second-order valence-electron chi connectivity index (χ2n) is 8.39. The minimum Gasteiger partial charge on any atom is -0.394 e. The fraction of sp³-hybridized carbons (Fsp3) is 1.00. The molecule has 16 heteroatoms. The van der Waals surface area contributed by atoms with Crippen LogP contribution in [0.4, 0.5) is 0 Å². The molecule has 200 valence electrons. The third-order valence-corrected chi connectivity index (χ3v) is 6.14. The number of hydrogen-bond acceptors (Lipinski definition) is 16. The standard InChI is InChI=1S/C18H32O16/c19-1-5-8(23)10(25)12(27)16(30-5)32-14-7(3-21)31-17(13(28)11(14)26)33-15-9(24)6(2-20)34-18(15,29)4-22/h5-17,19-29H,1-4H2/t5-,6-,7-,8-,9-,10+,11-,12-,13-,14-,15+,16+,17+,18-/m1/s1. The van der Waals surface area contributed by atoms with Crippen molar-refractivity contribution >= 4 is 0 Å². The van der Waals surface area contributed by atoms with Gasteiger partial charge in [-0.15, -0.1) is 0 Å². The van der Waals surface area contributed by atoms with Crippen LogP contribution in [0.5, 0.6) is 0 Å². The Morgan fingerprint density at radius 3 is 1.68 bits per heavy atom. The van der Waals surface area contributed by atoms with Gasteiger partial charge in [-0.05, 0) is 0 Å². The van der Waals surface area contributed by atoms with E-state index in [2.05, 4.69) is 0 Å². The quantitative estimate of drug-likeness (QED) is 0.146. The van der Waals surface area contributed by atoms with Crippen LogP contribution in [0.25, 0.3) is 0 Å². The number of aliphatic hydroxyl groups excluding tert-OH is 10. The summed E-state index contributed by atoms with van der Waals surface area (Å²) in [4.78, 5) is 0. The van der Waals surface area contributed by atoms with E-state index in [9.17, 15) is 56.2 Å². The van der Waals surface area contributed by atoms with E-state index >= 15 is 0 Å². The molecular formula is C18H32O16. The van der Waals surface area contributed by atoms with Gasteiger partial charge in [0.2, 0.25) is 5.79 Å². The zero-order valence-corrected chi connectivity index (χ0v) is 17.8. The first kappa shape index (κ1) is 27.9. The summed E-state index contributed by atoms with van der Waals surface area (Å²) in [6, 6.07) is 0. The van der Waals surface area contributed by atoms with E-state index in [0.717, 1.165) is 0 Å². The van der Waals surface area contributed by atoms with Crippen LogP contribution >= 0.6 is 0 Å². The van der Waals surface area contributed by atoms with E-state index < -0.39 is 112 Å². The molecule has 3 aliphatic heterocycles. The summed E-state index contributed by atoms with van der Waals surface area (Å²) >= 11 is 0. The summed E-state index contributed by atoms with van der Waals surface area (Å²) in [7, 11) is 0. The maximum atomic E-state index is 10.6. The second kappa shape index (κ2) is 11.2. The van der Waals surface area contributed by atoms with Gasteiger partial charge < -0.3 is 79.9 Å². The fourth-order valence-electron chi connectivity index (χ4n) is 4.13. The molecule has 0 aliphatic carbocycles. The summed E-state index contributed by atoms with van der Waals surface area (Å²) in [5.74, 6) is -2.49. The molecule has 3 heterocycles. The predicted octanol–water partition coefficient (Wildman–Crippen LogP) is -7.57. The molecule has 0 aromatic carbocycles. The van der Waals surface area contributed by atoms with Gasteiger partial charge in [0.1, 0.15) is 67.1 Å². The molecule has 0 bridgehead atoms. The van der Waals surface area contributed by atoms with Gasteiger partial charge in [-0.3, -0.25) is 0 Å². The van der Waals surface area contributed by atoms with E-state index in [1.807, 2.05) is 0 Å². The summed E-state index contributed by atoms with van der Waals surface area (Å²) in [6.45, 7) is -3.39. The third-order valence-electron chi connectivity index (χ3n) is 6.14. The highest BCUT2D eigenvalue weighted by Crippen LogP contribution is 2.35. The average Bonchev–Trinajstić information content (AvgIpc) is 3.08. The van der Waals surface area contributed by atoms with Crippen molar-refractivity contribution < 1.29 is 79.9 Å². The molecule has 3 rings (SSSR count). The Hall–Kier alpha value is -0.640. The van der Waals surface area contributed by atoms with Crippen LogP contribution in [0.3, 0.4) is 0 Å². The van der Waals surface area contributed by atoms with Crippen LogP contribution in [0.15, 0.2) is 0 Å². The molecule has 11 N–H and O–H groups in total. The van der Waals surface area contributed by atoms with Crippen molar-refractivity contribution in [1.82, 2.24) is 0 Å². The number of aliphatic hydroxyl groups is 11. The van der Waals surface area contributed by atoms with Crippen LogP contribution in [0, 0.1) is 0 Å². The summed E-state index contributed by atoms with van der Waals surface area (Å²) < 4.78 is 26.4. The number of rotatable bonds is 8. The molecule has 0 radical (unpaired) electrons. The fourth-order valence-corrected chi connectivity index (χ4v) is 4.13. The van der Waals surface area contributed by atoms with Gasteiger partial charge in [-0.1, -0.05) is 0 Å². The normalized spacial score (nSPS) is 52.1. The van der Waals surface area contributed by atoms with Crippen LogP contribution in [-0.2, 0) is 23.7 Å². The first-order valence-corrected chi connectivity index (χ1v) is 10.6. The van der Waals surface area contributed by atoms with Crippen molar-refractivity contribution in [2.24, 2.45) is 0 Å². The molecule has 3 aliphatic rings. The molecule has 0 aromatic heterocycles. The van der Waals surface area contributed by atoms with Gasteiger partial charge >= 0.3 is 0 Å². The third kappa shape index (κ3) is 5.09. The number of ether oxygens (including phenoxy) is 5. The van der Waals surface area contributed by atoms with E-state index in [4.69, 9.17) is 23.7 Å². The van der Waals surface area contributed by atoms with Crippen LogP contribution in [0.1, 0.15) is 0 Å². The Morgan fingerprint density at radius 1 is 0.588 bits per heavy atom. The van der Waals surface area contributed by atoms with Crippen molar-refractivity contribution in [1.29, 1.82) is 0 Å². The molecule has 3 saturated heterocycles. The van der Waals surface area contributed by atoms with Crippen molar-refractivity contribution in [3.8, 4) is 0 Å². The highest BCUT2D eigenvalue weighted by molar-refractivity contribution is 4.99. The monoisotopic (exact) mass is 504 g/mol. The lowest BCUT2D eigenvalue weighted by molar-refractivity contribution is -0.373. The molecule has 16 nitrogen and oxygen atoms in total. The van der Waals surface area contributed by atoms with Crippen LogP contribution in [-0.4, -0.2) is 168 Å². The molecule has 3 fully saturated rings. The summed E-state index contributed by atoms with van der Waals surface area (Å²) in [6.07, 6.45) is -21.8. The van der Waals surface area contributed by atoms with Crippen molar-refractivity contribution in [2.75, 3.05) is 26.4 Å². The zero-order valence-electron chi connectivity index (χ0n) is 17.8. The van der Waals surface area contributed by atoms with E-state index in [1.54, 1.807) is 0 Å². The lowest BCUT2D eigenvalue weighted by Crippen LogP contribution is -2.65. The average molecular weight is 504 g/mol. The molecule has 0 amide bonds. The Kier molecular flexibility index (Phi) is 9.18. The molecule has 0 unspecified atom stereocenters. The topological polar surface area (TPSA) is 269 Å². The minimum atomic E-state index is -2.49. The van der Waals surface area contributed by atoms with Gasteiger partial charge in [-0.25, -0.2) is 0 Å². The van der Waals surface area contributed by atoms with Gasteiger partial charge in [0.05, 0.1) is 26.4 Å². The van der Waals surface area contributed by atoms with Gasteiger partial charge in [0.25, 0.3) is 0 Å².